The van der Waals surface area contributed by atoms with Gasteiger partial charge in [0.15, 0.2) is 11.5 Å². The summed E-state index contributed by atoms with van der Waals surface area (Å²) in [5.41, 5.74) is 3.62. The summed E-state index contributed by atoms with van der Waals surface area (Å²) in [4.78, 5) is 13.4. The molecule has 1 amide bonds. The van der Waals surface area contributed by atoms with Crippen LogP contribution in [-0.4, -0.2) is 41.1 Å². The molecular weight excluding hydrogens is 478 g/mol. The van der Waals surface area contributed by atoms with Gasteiger partial charge in [-0.3, -0.25) is 10.1 Å². The summed E-state index contributed by atoms with van der Waals surface area (Å²) in [5.74, 6) is -0.204. The zero-order valence-corrected chi connectivity index (χ0v) is 20.4. The van der Waals surface area contributed by atoms with Gasteiger partial charge in [0.1, 0.15) is 5.75 Å². The van der Waals surface area contributed by atoms with E-state index in [2.05, 4.69) is 5.32 Å². The van der Waals surface area contributed by atoms with Crippen LogP contribution in [0.1, 0.15) is 29.2 Å². The number of methoxy groups -OCH3 is 2. The quantitative estimate of drug-likeness (QED) is 0.514. The third kappa shape index (κ3) is 3.46. The molecule has 182 valence electrons. The normalized spacial score (nSPS) is 23.1. The minimum absolute atomic E-state index is 0.0929. The molecular formula is C27H23N3O5S. The number of hydrazone groups is 1. The van der Waals surface area contributed by atoms with Crippen LogP contribution in [0.5, 0.6) is 23.0 Å². The summed E-state index contributed by atoms with van der Waals surface area (Å²) in [6.45, 7) is 0. The molecule has 2 atom stereocenters. The van der Waals surface area contributed by atoms with Gasteiger partial charge >= 0.3 is 5.85 Å². The molecule has 36 heavy (non-hydrogen) atoms. The highest BCUT2D eigenvalue weighted by Crippen LogP contribution is 2.53. The molecule has 9 heteroatoms. The number of benzene rings is 3. The number of phenols is 1. The van der Waals surface area contributed by atoms with Crippen LogP contribution in [0.15, 0.2) is 76.7 Å². The number of carbonyl (C=O) groups excluding carboxylic acids is 1. The average molecular weight is 502 g/mol. The van der Waals surface area contributed by atoms with Crippen LogP contribution in [0.25, 0.3) is 6.08 Å². The number of fused-ring (bicyclic) bond motifs is 4. The average Bonchev–Trinajstić information content (AvgIpc) is 3.48. The van der Waals surface area contributed by atoms with Crippen molar-refractivity contribution in [3.63, 3.8) is 0 Å². The van der Waals surface area contributed by atoms with E-state index in [1.54, 1.807) is 12.1 Å². The van der Waals surface area contributed by atoms with E-state index in [0.717, 1.165) is 28.6 Å². The number of para-hydroxylation sites is 1. The van der Waals surface area contributed by atoms with E-state index < -0.39 is 5.85 Å². The predicted molar refractivity (Wildman–Crippen MR) is 137 cm³/mol. The molecule has 8 nitrogen and oxygen atoms in total. The molecule has 3 heterocycles. The topological polar surface area (TPSA) is 92.6 Å². The zero-order valence-electron chi connectivity index (χ0n) is 19.6. The van der Waals surface area contributed by atoms with Gasteiger partial charge in [-0.2, -0.15) is 5.10 Å². The van der Waals surface area contributed by atoms with E-state index in [-0.39, 0.29) is 28.5 Å². The first-order chi connectivity index (χ1) is 17.5. The van der Waals surface area contributed by atoms with Crippen LogP contribution in [0, 0.1) is 0 Å². The molecule has 1 fully saturated rings. The number of hydrogen-bond donors (Lipinski definition) is 2. The highest BCUT2D eigenvalue weighted by molar-refractivity contribution is 8.17. The lowest BCUT2D eigenvalue weighted by Crippen LogP contribution is -2.61. The van der Waals surface area contributed by atoms with E-state index in [1.165, 1.54) is 14.2 Å². The maximum atomic E-state index is 12.8. The van der Waals surface area contributed by atoms with Gasteiger partial charge in [-0.05, 0) is 47.2 Å². The molecule has 0 bridgehead atoms. The number of phenolic OH excluding ortho intramolecular Hbond substituents is 1. The molecule has 3 aromatic carbocycles. The van der Waals surface area contributed by atoms with Crippen molar-refractivity contribution in [1.29, 1.82) is 0 Å². The van der Waals surface area contributed by atoms with Crippen molar-refractivity contribution >= 4 is 28.8 Å². The van der Waals surface area contributed by atoms with Gasteiger partial charge in [0.25, 0.3) is 5.24 Å². The molecule has 3 aromatic rings. The highest BCUT2D eigenvalue weighted by Gasteiger charge is 2.58. The van der Waals surface area contributed by atoms with Gasteiger partial charge in [-0.1, -0.05) is 48.5 Å². The summed E-state index contributed by atoms with van der Waals surface area (Å²) in [6.07, 6.45) is 2.49. The lowest BCUT2D eigenvalue weighted by atomic mass is 9.95. The number of ether oxygens (including phenoxy) is 3. The molecule has 1 saturated heterocycles. The third-order valence-electron chi connectivity index (χ3n) is 6.48. The number of nitrogens with one attached hydrogen (secondary N) is 1. The maximum absolute atomic E-state index is 12.8. The van der Waals surface area contributed by atoms with Crippen molar-refractivity contribution in [3.05, 3.63) is 88.3 Å². The second-order valence-corrected chi connectivity index (χ2v) is 9.57. The zero-order chi connectivity index (χ0) is 24.9. The van der Waals surface area contributed by atoms with Gasteiger partial charge in [-0.15, -0.1) is 0 Å². The van der Waals surface area contributed by atoms with Gasteiger partial charge < -0.3 is 19.3 Å². The first kappa shape index (κ1) is 22.4. The number of rotatable bonds is 4. The number of nitrogens with zero attached hydrogens (tertiary/aromatic N) is 2. The van der Waals surface area contributed by atoms with E-state index in [9.17, 15) is 9.90 Å². The highest BCUT2D eigenvalue weighted by atomic mass is 32.2. The Morgan fingerprint density at radius 2 is 1.81 bits per heavy atom. The van der Waals surface area contributed by atoms with Crippen LogP contribution in [0.2, 0.25) is 0 Å². The van der Waals surface area contributed by atoms with Crippen molar-refractivity contribution in [2.45, 2.75) is 18.3 Å². The van der Waals surface area contributed by atoms with E-state index >= 15 is 0 Å². The molecule has 0 radical (unpaired) electrons. The van der Waals surface area contributed by atoms with Crippen molar-refractivity contribution in [1.82, 2.24) is 10.3 Å². The Hall–Kier alpha value is -4.11. The molecule has 2 N–H and O–H groups in total. The van der Waals surface area contributed by atoms with Crippen molar-refractivity contribution in [3.8, 4) is 23.0 Å². The Bertz CT molecular complexity index is 1400. The second kappa shape index (κ2) is 8.53. The maximum Gasteiger partial charge on any atom is 0.314 e. The van der Waals surface area contributed by atoms with Crippen LogP contribution in [0.4, 0.5) is 4.79 Å². The summed E-state index contributed by atoms with van der Waals surface area (Å²) >= 11 is 1.05. The molecule has 3 aliphatic rings. The number of amides is 1. The minimum Gasteiger partial charge on any atom is -0.502 e. The Labute approximate surface area is 212 Å². The summed E-state index contributed by atoms with van der Waals surface area (Å²) in [7, 11) is 2.94. The van der Waals surface area contributed by atoms with Gasteiger partial charge in [0, 0.05) is 12.0 Å². The molecule has 0 saturated carbocycles. The number of hydrogen-bond acceptors (Lipinski definition) is 8. The SMILES string of the molecule is COc1cc(/C=C2\SC(=O)N[C@@]23Oc2ccccc2[C@H]2CC(c4ccccc4)=NN23)cc(OC)c1O. The fourth-order valence-corrected chi connectivity index (χ4v) is 5.73. The summed E-state index contributed by atoms with van der Waals surface area (Å²) in [6, 6.07) is 21.1. The molecule has 0 aromatic heterocycles. The molecule has 6 rings (SSSR count). The fourth-order valence-electron chi connectivity index (χ4n) is 4.82. The van der Waals surface area contributed by atoms with Crippen molar-refractivity contribution in [2.24, 2.45) is 5.10 Å². The van der Waals surface area contributed by atoms with Crippen LogP contribution in [0.3, 0.4) is 0 Å². The van der Waals surface area contributed by atoms with Crippen LogP contribution in [-0.2, 0) is 0 Å². The van der Waals surface area contributed by atoms with Gasteiger partial charge in [0.05, 0.1) is 30.9 Å². The Balaban J connectivity index is 1.51. The summed E-state index contributed by atoms with van der Waals surface area (Å²) in [5, 5.41) is 20.0. The third-order valence-corrected chi connectivity index (χ3v) is 7.39. The Morgan fingerprint density at radius 3 is 2.53 bits per heavy atom. The Morgan fingerprint density at radius 1 is 1.11 bits per heavy atom. The lowest BCUT2D eigenvalue weighted by Gasteiger charge is -2.45. The number of carbonyl (C=O) groups is 1. The first-order valence-electron chi connectivity index (χ1n) is 11.4. The standard InChI is InChI=1S/C27H23N3O5S/c1-33-22-12-16(13-23(34-2)25(22)31)14-24-27(28-26(32)36-24)30-20(18-10-6-7-11-21(18)35-27)15-19(29-30)17-8-4-3-5-9-17/h3-14,20,31H,15H2,1-2H3,(H,28,32)/b24-14-/t20-,27+/m1/s1. The molecule has 0 aliphatic carbocycles. The van der Waals surface area contributed by atoms with Crippen molar-refractivity contribution < 1.29 is 24.1 Å². The van der Waals surface area contributed by atoms with Crippen LogP contribution < -0.4 is 19.5 Å². The smallest absolute Gasteiger partial charge is 0.314 e. The first-order valence-corrected chi connectivity index (χ1v) is 12.2. The molecule has 1 spiro atoms. The van der Waals surface area contributed by atoms with Gasteiger partial charge in [-0.25, -0.2) is 5.01 Å². The summed E-state index contributed by atoms with van der Waals surface area (Å²) < 4.78 is 17.2. The number of aromatic hydroxyl groups is 1. The van der Waals surface area contributed by atoms with E-state index in [4.69, 9.17) is 19.3 Å². The van der Waals surface area contributed by atoms with Gasteiger partial charge in [0.2, 0.25) is 5.75 Å². The molecule has 3 aliphatic heterocycles. The monoisotopic (exact) mass is 501 g/mol. The lowest BCUT2D eigenvalue weighted by molar-refractivity contribution is -0.0949. The van der Waals surface area contributed by atoms with E-state index in [1.807, 2.05) is 65.7 Å². The fraction of sp³-hybridized carbons (Fsp3) is 0.185. The second-order valence-electron chi connectivity index (χ2n) is 8.56. The Kier molecular flexibility index (Phi) is 5.30. The largest absolute Gasteiger partial charge is 0.502 e. The van der Waals surface area contributed by atoms with Crippen LogP contribution >= 0.6 is 11.8 Å². The van der Waals surface area contributed by atoms with Crippen molar-refractivity contribution in [2.75, 3.05) is 14.2 Å². The minimum atomic E-state index is -1.32. The predicted octanol–water partition coefficient (Wildman–Crippen LogP) is 5.10. The molecule has 0 unspecified atom stereocenters. The van der Waals surface area contributed by atoms with E-state index in [0.29, 0.717) is 22.6 Å². The number of thioether (sulfide) groups is 1.